The summed E-state index contributed by atoms with van der Waals surface area (Å²) >= 11 is 0. The highest BCUT2D eigenvalue weighted by Gasteiger charge is 2.15. The lowest BCUT2D eigenvalue weighted by Crippen LogP contribution is -2.19. The van der Waals surface area contributed by atoms with Gasteiger partial charge in [0.25, 0.3) is 5.56 Å². The lowest BCUT2D eigenvalue weighted by Gasteiger charge is -2.11. The maximum Gasteiger partial charge on any atom is 0.268 e. The van der Waals surface area contributed by atoms with Crippen molar-refractivity contribution in [3.05, 3.63) is 64.4 Å². The molecule has 2 aromatic carbocycles. The van der Waals surface area contributed by atoms with E-state index in [9.17, 15) is 13.2 Å². The summed E-state index contributed by atoms with van der Waals surface area (Å²) in [7, 11) is -2.28. The highest BCUT2D eigenvalue weighted by atomic mass is 32.2. The number of primary sulfonamides is 1. The van der Waals surface area contributed by atoms with Gasteiger partial charge >= 0.3 is 0 Å². The summed E-state index contributed by atoms with van der Waals surface area (Å²) in [6.45, 7) is 0. The predicted octanol–water partition coefficient (Wildman–Crippen LogP) is 1.72. The third-order valence-electron chi connectivity index (χ3n) is 3.85. The standard InChI is InChI=1S/C17H13N3O3S/c1-20-15-7-6-11(8-12(15)9-13(10-18)17(20)21)14-4-2-3-5-16(14)24(19,22)23/h2-9H,1H3,(H2,19,22,23). The number of rotatable bonds is 2. The summed E-state index contributed by atoms with van der Waals surface area (Å²) in [5.41, 5.74) is 1.41. The number of nitriles is 1. The van der Waals surface area contributed by atoms with Gasteiger partial charge in [-0.3, -0.25) is 4.79 Å². The molecule has 0 spiro atoms. The van der Waals surface area contributed by atoms with E-state index < -0.39 is 10.0 Å². The summed E-state index contributed by atoms with van der Waals surface area (Å²) in [5.74, 6) is 0. The Kier molecular flexibility index (Phi) is 3.72. The first kappa shape index (κ1) is 15.9. The molecule has 0 radical (unpaired) electrons. The maximum absolute atomic E-state index is 12.0. The van der Waals surface area contributed by atoms with Crippen molar-refractivity contribution < 1.29 is 8.42 Å². The number of benzene rings is 2. The average Bonchev–Trinajstić information content (AvgIpc) is 2.57. The summed E-state index contributed by atoms with van der Waals surface area (Å²) in [5, 5.41) is 15.0. The van der Waals surface area contributed by atoms with Gasteiger partial charge in [-0.15, -0.1) is 0 Å². The van der Waals surface area contributed by atoms with Crippen LogP contribution in [0.5, 0.6) is 0 Å². The van der Waals surface area contributed by atoms with Crippen LogP contribution in [-0.4, -0.2) is 13.0 Å². The van der Waals surface area contributed by atoms with Crippen molar-refractivity contribution in [2.45, 2.75) is 4.90 Å². The van der Waals surface area contributed by atoms with E-state index in [1.807, 2.05) is 6.07 Å². The van der Waals surface area contributed by atoms with Gasteiger partial charge in [0.15, 0.2) is 0 Å². The fraction of sp³-hybridized carbons (Fsp3) is 0.0588. The van der Waals surface area contributed by atoms with Crippen molar-refractivity contribution in [1.29, 1.82) is 5.26 Å². The molecule has 1 heterocycles. The minimum Gasteiger partial charge on any atom is -0.310 e. The van der Waals surface area contributed by atoms with Crippen molar-refractivity contribution in [2.75, 3.05) is 0 Å². The van der Waals surface area contributed by atoms with Gasteiger partial charge in [-0.2, -0.15) is 5.26 Å². The summed E-state index contributed by atoms with van der Waals surface area (Å²) in [6, 6.07) is 15.0. The van der Waals surface area contributed by atoms with Crippen LogP contribution >= 0.6 is 0 Å². The van der Waals surface area contributed by atoms with Crippen LogP contribution in [0.25, 0.3) is 22.0 Å². The molecule has 3 rings (SSSR count). The number of hydrogen-bond acceptors (Lipinski definition) is 4. The predicted molar refractivity (Wildman–Crippen MR) is 90.7 cm³/mol. The summed E-state index contributed by atoms with van der Waals surface area (Å²) < 4.78 is 25.0. The van der Waals surface area contributed by atoms with Crippen LogP contribution in [0.15, 0.2) is 58.2 Å². The minimum atomic E-state index is -3.87. The van der Waals surface area contributed by atoms with Crippen LogP contribution in [0.3, 0.4) is 0 Å². The van der Waals surface area contributed by atoms with E-state index >= 15 is 0 Å². The van der Waals surface area contributed by atoms with E-state index in [0.29, 0.717) is 22.0 Å². The fourth-order valence-corrected chi connectivity index (χ4v) is 3.44. The molecular weight excluding hydrogens is 326 g/mol. The second-order valence-electron chi connectivity index (χ2n) is 5.35. The average molecular weight is 339 g/mol. The monoisotopic (exact) mass is 339 g/mol. The Balaban J connectivity index is 2.33. The maximum atomic E-state index is 12.0. The molecule has 3 aromatic rings. The van der Waals surface area contributed by atoms with Gasteiger partial charge in [-0.1, -0.05) is 24.3 Å². The van der Waals surface area contributed by atoms with E-state index in [0.717, 1.165) is 0 Å². The van der Waals surface area contributed by atoms with Crippen molar-refractivity contribution in [3.63, 3.8) is 0 Å². The normalized spacial score (nSPS) is 11.4. The van der Waals surface area contributed by atoms with Crippen LogP contribution in [-0.2, 0) is 17.1 Å². The van der Waals surface area contributed by atoms with Crippen molar-refractivity contribution >= 4 is 20.9 Å². The Morgan fingerprint density at radius 1 is 1.12 bits per heavy atom. The highest BCUT2D eigenvalue weighted by Crippen LogP contribution is 2.29. The molecular formula is C17H13N3O3S. The van der Waals surface area contributed by atoms with Crippen LogP contribution in [0.4, 0.5) is 0 Å². The molecule has 0 saturated carbocycles. The first-order valence-electron chi connectivity index (χ1n) is 6.99. The quantitative estimate of drug-likeness (QED) is 0.767. The minimum absolute atomic E-state index is 0.0228. The van der Waals surface area contributed by atoms with E-state index in [1.165, 1.54) is 16.7 Å². The number of nitrogens with two attached hydrogens (primary N) is 1. The molecule has 2 N–H and O–H groups in total. The molecule has 0 amide bonds. The highest BCUT2D eigenvalue weighted by molar-refractivity contribution is 7.89. The molecule has 0 unspecified atom stereocenters. The number of fused-ring (bicyclic) bond motifs is 1. The number of sulfonamides is 1. The molecule has 0 fully saturated rings. The second kappa shape index (κ2) is 5.60. The smallest absolute Gasteiger partial charge is 0.268 e. The first-order valence-corrected chi connectivity index (χ1v) is 8.53. The van der Waals surface area contributed by atoms with E-state index in [4.69, 9.17) is 10.4 Å². The van der Waals surface area contributed by atoms with E-state index in [2.05, 4.69) is 0 Å². The lowest BCUT2D eigenvalue weighted by atomic mass is 10.0. The van der Waals surface area contributed by atoms with Crippen LogP contribution in [0.1, 0.15) is 5.56 Å². The zero-order chi connectivity index (χ0) is 17.5. The number of aromatic nitrogens is 1. The Morgan fingerprint density at radius 3 is 2.50 bits per heavy atom. The zero-order valence-corrected chi connectivity index (χ0v) is 13.5. The number of hydrogen-bond donors (Lipinski definition) is 1. The number of nitrogens with zero attached hydrogens (tertiary/aromatic N) is 2. The molecule has 1 aromatic heterocycles. The molecule has 0 bridgehead atoms. The molecule has 24 heavy (non-hydrogen) atoms. The van der Waals surface area contributed by atoms with Gasteiger partial charge in [-0.25, -0.2) is 13.6 Å². The molecule has 6 nitrogen and oxygen atoms in total. The van der Waals surface area contributed by atoms with Gasteiger partial charge in [0.1, 0.15) is 11.6 Å². The van der Waals surface area contributed by atoms with Gasteiger partial charge in [-0.05, 0) is 29.8 Å². The lowest BCUT2D eigenvalue weighted by molar-refractivity contribution is 0.598. The largest absolute Gasteiger partial charge is 0.310 e. The SMILES string of the molecule is Cn1c(=O)c(C#N)cc2cc(-c3ccccc3S(N)(=O)=O)ccc21. The zero-order valence-electron chi connectivity index (χ0n) is 12.7. The third kappa shape index (κ3) is 2.58. The molecule has 120 valence electrons. The molecule has 0 aliphatic carbocycles. The van der Waals surface area contributed by atoms with E-state index in [-0.39, 0.29) is 16.0 Å². The number of pyridine rings is 1. The molecule has 0 atom stereocenters. The molecule has 0 saturated heterocycles. The van der Waals surface area contributed by atoms with Gasteiger partial charge in [0.2, 0.25) is 10.0 Å². The number of aryl methyl sites for hydroxylation is 1. The van der Waals surface area contributed by atoms with E-state index in [1.54, 1.807) is 43.4 Å². The summed E-state index contributed by atoms with van der Waals surface area (Å²) in [4.78, 5) is 12.0. The molecule has 0 aliphatic rings. The van der Waals surface area contributed by atoms with Crippen molar-refractivity contribution in [3.8, 4) is 17.2 Å². The van der Waals surface area contributed by atoms with Gasteiger partial charge in [0.05, 0.1) is 10.4 Å². The fourth-order valence-electron chi connectivity index (χ4n) is 2.68. The third-order valence-corrected chi connectivity index (χ3v) is 4.82. The van der Waals surface area contributed by atoms with Crippen molar-refractivity contribution in [2.24, 2.45) is 12.2 Å². The Morgan fingerprint density at radius 2 is 1.83 bits per heavy atom. The second-order valence-corrected chi connectivity index (χ2v) is 6.88. The first-order chi connectivity index (χ1) is 11.3. The van der Waals surface area contributed by atoms with Crippen LogP contribution < -0.4 is 10.7 Å². The van der Waals surface area contributed by atoms with Crippen LogP contribution in [0.2, 0.25) is 0 Å². The van der Waals surface area contributed by atoms with Gasteiger partial charge in [0, 0.05) is 18.0 Å². The van der Waals surface area contributed by atoms with Crippen LogP contribution in [0, 0.1) is 11.3 Å². The van der Waals surface area contributed by atoms with Gasteiger partial charge < -0.3 is 4.57 Å². The molecule has 0 aliphatic heterocycles. The molecule has 7 heteroatoms. The summed E-state index contributed by atoms with van der Waals surface area (Å²) in [6.07, 6.45) is 0. The Bertz CT molecular complexity index is 1170. The Labute approximate surface area is 138 Å². The van der Waals surface area contributed by atoms with Crippen molar-refractivity contribution in [1.82, 2.24) is 4.57 Å². The topological polar surface area (TPSA) is 106 Å². The Hall–Kier alpha value is -2.95.